The molecule has 0 aliphatic carbocycles. The van der Waals surface area contributed by atoms with Crippen molar-refractivity contribution < 1.29 is 18.3 Å². The lowest BCUT2D eigenvalue weighted by Gasteiger charge is -2.10. The summed E-state index contributed by atoms with van der Waals surface area (Å²) in [5.74, 6) is -3.26. The number of Topliss-reactive ketones (excluding diaryl/α,β-unsaturated/α-hetero) is 1. The Morgan fingerprint density at radius 1 is 1.56 bits per heavy atom. The van der Waals surface area contributed by atoms with Gasteiger partial charge in [-0.05, 0) is 12.6 Å². The van der Waals surface area contributed by atoms with Crippen LogP contribution in [0.3, 0.4) is 0 Å². The Morgan fingerprint density at radius 2 is 2.19 bits per heavy atom. The van der Waals surface area contributed by atoms with E-state index in [0.717, 1.165) is 6.07 Å². The first-order chi connectivity index (χ1) is 7.52. The third-order valence-electron chi connectivity index (χ3n) is 1.98. The van der Waals surface area contributed by atoms with E-state index in [4.69, 9.17) is 22.1 Å². The Kier molecular flexibility index (Phi) is 4.20. The zero-order valence-corrected chi connectivity index (χ0v) is 9.28. The molecule has 3 nitrogen and oxygen atoms in total. The molecule has 0 amide bonds. The van der Waals surface area contributed by atoms with Crippen molar-refractivity contribution in [3.8, 4) is 5.75 Å². The number of ether oxygens (including phenoxy) is 1. The molecule has 6 heteroatoms. The van der Waals surface area contributed by atoms with Crippen LogP contribution in [-0.4, -0.2) is 19.4 Å². The van der Waals surface area contributed by atoms with Crippen molar-refractivity contribution in [3.05, 3.63) is 28.3 Å². The van der Waals surface area contributed by atoms with Crippen molar-refractivity contribution in [3.63, 3.8) is 0 Å². The molecule has 0 aliphatic rings. The smallest absolute Gasteiger partial charge is 0.173 e. The zero-order chi connectivity index (χ0) is 12.3. The Hall–Kier alpha value is -1.20. The summed E-state index contributed by atoms with van der Waals surface area (Å²) in [4.78, 5) is 11.5. The molecule has 0 atom stereocenters. The van der Waals surface area contributed by atoms with Gasteiger partial charge in [-0.2, -0.15) is 0 Å². The first kappa shape index (κ1) is 12.9. The molecule has 1 aromatic carbocycles. The quantitative estimate of drug-likeness (QED) is 0.657. The number of hydrogen-bond acceptors (Lipinski definition) is 3. The van der Waals surface area contributed by atoms with Gasteiger partial charge in [0.05, 0.1) is 17.7 Å². The number of ketones is 1. The highest BCUT2D eigenvalue weighted by Gasteiger charge is 2.23. The summed E-state index contributed by atoms with van der Waals surface area (Å²) in [6.07, 6.45) is -0.104. The molecule has 0 unspecified atom stereocenters. The molecule has 0 spiro atoms. The van der Waals surface area contributed by atoms with Gasteiger partial charge in [0.2, 0.25) is 0 Å². The van der Waals surface area contributed by atoms with Gasteiger partial charge in [0.15, 0.2) is 23.2 Å². The van der Waals surface area contributed by atoms with Gasteiger partial charge < -0.3 is 10.5 Å². The fourth-order valence-corrected chi connectivity index (χ4v) is 1.55. The normalized spacial score (nSPS) is 10.3. The van der Waals surface area contributed by atoms with Crippen LogP contribution >= 0.6 is 11.6 Å². The minimum absolute atomic E-state index is 0.0373. The van der Waals surface area contributed by atoms with E-state index < -0.39 is 23.0 Å². The standard InChI is InChI=1S/C10H10ClF2NO2/c1-16-10-5(11)4-6(12)9(13)8(10)7(15)2-3-14/h4H,2-3,14H2,1H3. The molecule has 0 saturated heterocycles. The van der Waals surface area contributed by atoms with Gasteiger partial charge in [0.1, 0.15) is 0 Å². The maximum Gasteiger partial charge on any atom is 0.173 e. The predicted molar refractivity (Wildman–Crippen MR) is 55.9 cm³/mol. The molecule has 0 bridgehead atoms. The number of halogens is 3. The van der Waals surface area contributed by atoms with Gasteiger partial charge in [0, 0.05) is 6.42 Å². The molecule has 1 aromatic rings. The summed E-state index contributed by atoms with van der Waals surface area (Å²) in [7, 11) is 1.22. The highest BCUT2D eigenvalue weighted by Crippen LogP contribution is 2.33. The molecule has 88 valence electrons. The molecule has 0 fully saturated rings. The van der Waals surface area contributed by atoms with Crippen LogP contribution in [0, 0.1) is 11.6 Å². The van der Waals surface area contributed by atoms with Crippen LogP contribution < -0.4 is 10.5 Å². The molecule has 0 aromatic heterocycles. The Bertz CT molecular complexity index is 424. The number of rotatable bonds is 4. The highest BCUT2D eigenvalue weighted by molar-refractivity contribution is 6.32. The van der Waals surface area contributed by atoms with Crippen LogP contribution in [0.4, 0.5) is 8.78 Å². The van der Waals surface area contributed by atoms with Crippen LogP contribution in [0.25, 0.3) is 0 Å². The summed E-state index contributed by atoms with van der Waals surface area (Å²) in [5, 5.41) is -0.151. The summed E-state index contributed by atoms with van der Waals surface area (Å²) in [6.45, 7) is 0.0373. The second-order valence-corrected chi connectivity index (χ2v) is 3.43. The van der Waals surface area contributed by atoms with Crippen LogP contribution in [0.15, 0.2) is 6.07 Å². The lowest BCUT2D eigenvalue weighted by Crippen LogP contribution is -2.12. The van der Waals surface area contributed by atoms with E-state index in [9.17, 15) is 13.6 Å². The molecule has 16 heavy (non-hydrogen) atoms. The zero-order valence-electron chi connectivity index (χ0n) is 8.52. The molecule has 1 rings (SSSR count). The average Bonchev–Trinajstić information content (AvgIpc) is 2.23. The van der Waals surface area contributed by atoms with Gasteiger partial charge in [-0.25, -0.2) is 8.78 Å². The molecular weight excluding hydrogens is 240 g/mol. The van der Waals surface area contributed by atoms with E-state index in [1.807, 2.05) is 0 Å². The minimum atomic E-state index is -1.26. The van der Waals surface area contributed by atoms with E-state index in [1.165, 1.54) is 7.11 Å². The molecular formula is C10H10ClF2NO2. The average molecular weight is 250 g/mol. The van der Waals surface area contributed by atoms with Crippen molar-refractivity contribution in [2.75, 3.05) is 13.7 Å². The van der Waals surface area contributed by atoms with Crippen LogP contribution in [-0.2, 0) is 0 Å². The van der Waals surface area contributed by atoms with Gasteiger partial charge in [0.25, 0.3) is 0 Å². The molecule has 0 aliphatic heterocycles. The number of benzene rings is 1. The molecule has 0 saturated carbocycles. The maximum absolute atomic E-state index is 13.4. The Morgan fingerprint density at radius 3 is 2.69 bits per heavy atom. The number of carbonyl (C=O) groups excluding carboxylic acids is 1. The summed E-state index contributed by atoms with van der Waals surface area (Å²) >= 11 is 5.64. The fraction of sp³-hybridized carbons (Fsp3) is 0.300. The lowest BCUT2D eigenvalue weighted by atomic mass is 10.1. The van der Waals surface area contributed by atoms with Crippen molar-refractivity contribution in [2.45, 2.75) is 6.42 Å². The number of hydrogen-bond donors (Lipinski definition) is 1. The SMILES string of the molecule is COc1c(Cl)cc(F)c(F)c1C(=O)CCN. The van der Waals surface area contributed by atoms with E-state index in [1.54, 1.807) is 0 Å². The van der Waals surface area contributed by atoms with Crippen molar-refractivity contribution in [1.82, 2.24) is 0 Å². The number of carbonyl (C=O) groups is 1. The third kappa shape index (κ3) is 2.31. The fourth-order valence-electron chi connectivity index (χ4n) is 1.28. The minimum Gasteiger partial charge on any atom is -0.494 e. The number of nitrogens with two attached hydrogens (primary N) is 1. The van der Waals surface area contributed by atoms with Crippen molar-refractivity contribution >= 4 is 17.4 Å². The van der Waals surface area contributed by atoms with Gasteiger partial charge >= 0.3 is 0 Å². The van der Waals surface area contributed by atoms with Crippen LogP contribution in [0.1, 0.15) is 16.8 Å². The van der Waals surface area contributed by atoms with Gasteiger partial charge in [-0.3, -0.25) is 4.79 Å². The predicted octanol–water partition coefficient (Wildman–Crippen LogP) is 2.16. The van der Waals surface area contributed by atoms with E-state index in [0.29, 0.717) is 0 Å². The van der Waals surface area contributed by atoms with Crippen LogP contribution in [0.5, 0.6) is 5.75 Å². The first-order valence-corrected chi connectivity index (χ1v) is 4.85. The maximum atomic E-state index is 13.4. The summed E-state index contributed by atoms with van der Waals surface area (Å²) in [6, 6.07) is 0.759. The molecule has 0 heterocycles. The summed E-state index contributed by atoms with van der Waals surface area (Å²) in [5.41, 5.74) is 4.69. The monoisotopic (exact) mass is 249 g/mol. The van der Waals surface area contributed by atoms with E-state index in [-0.39, 0.29) is 23.7 Å². The van der Waals surface area contributed by atoms with Crippen molar-refractivity contribution in [2.24, 2.45) is 5.73 Å². The topological polar surface area (TPSA) is 52.3 Å². The second-order valence-electron chi connectivity index (χ2n) is 3.02. The Labute approximate surface area is 96.1 Å². The molecule has 0 radical (unpaired) electrons. The van der Waals surface area contributed by atoms with E-state index >= 15 is 0 Å². The van der Waals surface area contributed by atoms with Crippen LogP contribution in [0.2, 0.25) is 5.02 Å². The highest BCUT2D eigenvalue weighted by atomic mass is 35.5. The van der Waals surface area contributed by atoms with Gasteiger partial charge in [-0.1, -0.05) is 11.6 Å². The molecule has 2 N–H and O–H groups in total. The second kappa shape index (κ2) is 5.23. The lowest BCUT2D eigenvalue weighted by molar-refractivity contribution is 0.0977. The van der Waals surface area contributed by atoms with E-state index in [2.05, 4.69) is 0 Å². The largest absolute Gasteiger partial charge is 0.494 e. The third-order valence-corrected chi connectivity index (χ3v) is 2.26. The van der Waals surface area contributed by atoms with Gasteiger partial charge in [-0.15, -0.1) is 0 Å². The van der Waals surface area contributed by atoms with Crippen molar-refractivity contribution in [1.29, 1.82) is 0 Å². The summed E-state index contributed by atoms with van der Waals surface area (Å²) < 4.78 is 31.3. The Balaban J connectivity index is 3.38. The first-order valence-electron chi connectivity index (χ1n) is 4.47. The number of methoxy groups -OCH3 is 1.